The van der Waals surface area contributed by atoms with Crippen LogP contribution in [0.1, 0.15) is 37.2 Å². The number of nitrogens with zero attached hydrogens (tertiary/aromatic N) is 2. The fourth-order valence-corrected chi connectivity index (χ4v) is 2.06. The van der Waals surface area contributed by atoms with Crippen LogP contribution in [-0.4, -0.2) is 29.1 Å². The minimum Gasteiger partial charge on any atom is -0.477 e. The van der Waals surface area contributed by atoms with Crippen LogP contribution in [-0.2, 0) is 0 Å². The summed E-state index contributed by atoms with van der Waals surface area (Å²) in [4.78, 5) is 17.2. The van der Waals surface area contributed by atoms with Gasteiger partial charge in [-0.3, -0.25) is 0 Å². The normalized spacial score (nSPS) is 19.1. The van der Waals surface area contributed by atoms with Crippen LogP contribution in [0.3, 0.4) is 0 Å². The predicted octanol–water partition coefficient (Wildman–Crippen LogP) is 2.41. The maximum absolute atomic E-state index is 10.9. The van der Waals surface area contributed by atoms with Crippen molar-refractivity contribution in [2.75, 3.05) is 18.0 Å². The van der Waals surface area contributed by atoms with Crippen molar-refractivity contribution >= 4 is 11.8 Å². The number of aromatic carboxylic acids is 1. The Labute approximate surface area is 101 Å². The maximum Gasteiger partial charge on any atom is 0.354 e. The smallest absolute Gasteiger partial charge is 0.354 e. The first-order valence-electron chi connectivity index (χ1n) is 5.93. The Kier molecular flexibility index (Phi) is 3.05. The van der Waals surface area contributed by atoms with E-state index in [9.17, 15) is 4.79 Å². The van der Waals surface area contributed by atoms with E-state index < -0.39 is 5.97 Å². The van der Waals surface area contributed by atoms with Crippen molar-refractivity contribution in [2.45, 2.75) is 26.7 Å². The molecule has 0 radical (unpaired) electrons. The van der Waals surface area contributed by atoms with E-state index in [4.69, 9.17) is 5.11 Å². The van der Waals surface area contributed by atoms with Crippen molar-refractivity contribution in [1.82, 2.24) is 4.98 Å². The molecule has 0 aromatic carbocycles. The number of aromatic nitrogens is 1. The van der Waals surface area contributed by atoms with E-state index in [1.165, 1.54) is 6.07 Å². The molecule has 1 aromatic rings. The van der Waals surface area contributed by atoms with Gasteiger partial charge in [-0.1, -0.05) is 19.9 Å². The van der Waals surface area contributed by atoms with Gasteiger partial charge in [0.15, 0.2) is 5.69 Å². The van der Waals surface area contributed by atoms with Gasteiger partial charge in [0.1, 0.15) is 5.82 Å². The summed E-state index contributed by atoms with van der Waals surface area (Å²) in [6, 6.07) is 5.16. The molecule has 1 aliphatic rings. The monoisotopic (exact) mass is 234 g/mol. The van der Waals surface area contributed by atoms with Crippen LogP contribution in [0.4, 0.5) is 5.82 Å². The largest absolute Gasteiger partial charge is 0.477 e. The van der Waals surface area contributed by atoms with E-state index in [2.05, 4.69) is 23.7 Å². The highest BCUT2D eigenvalue weighted by molar-refractivity contribution is 5.85. The highest BCUT2D eigenvalue weighted by Crippen LogP contribution is 2.31. The van der Waals surface area contributed by atoms with Gasteiger partial charge in [-0.05, 0) is 30.4 Å². The van der Waals surface area contributed by atoms with Crippen LogP contribution in [0, 0.1) is 5.41 Å². The molecular formula is C13H18N2O2. The van der Waals surface area contributed by atoms with E-state index in [0.717, 1.165) is 31.7 Å². The summed E-state index contributed by atoms with van der Waals surface area (Å²) in [6.45, 7) is 6.43. The fourth-order valence-electron chi connectivity index (χ4n) is 2.06. The zero-order valence-electron chi connectivity index (χ0n) is 10.3. The third-order valence-corrected chi connectivity index (χ3v) is 3.39. The van der Waals surface area contributed by atoms with E-state index in [-0.39, 0.29) is 5.69 Å². The van der Waals surface area contributed by atoms with Gasteiger partial charge in [0, 0.05) is 13.1 Å². The molecule has 1 aromatic heterocycles. The molecule has 92 valence electrons. The van der Waals surface area contributed by atoms with Crippen molar-refractivity contribution in [3.63, 3.8) is 0 Å². The summed E-state index contributed by atoms with van der Waals surface area (Å²) in [5.41, 5.74) is 0.508. The topological polar surface area (TPSA) is 53.4 Å². The van der Waals surface area contributed by atoms with Crippen molar-refractivity contribution in [3.05, 3.63) is 23.9 Å². The third-order valence-electron chi connectivity index (χ3n) is 3.39. The molecule has 0 aliphatic carbocycles. The minimum atomic E-state index is -0.968. The fraction of sp³-hybridized carbons (Fsp3) is 0.538. The number of carboxylic acid groups (broad SMARTS) is 1. The van der Waals surface area contributed by atoms with Gasteiger partial charge in [-0.15, -0.1) is 0 Å². The second kappa shape index (κ2) is 4.35. The Morgan fingerprint density at radius 1 is 1.35 bits per heavy atom. The van der Waals surface area contributed by atoms with Crippen LogP contribution in [0.5, 0.6) is 0 Å². The van der Waals surface area contributed by atoms with E-state index in [1.54, 1.807) is 6.07 Å². The highest BCUT2D eigenvalue weighted by atomic mass is 16.4. The van der Waals surface area contributed by atoms with E-state index in [0.29, 0.717) is 5.41 Å². The Morgan fingerprint density at radius 2 is 2.00 bits per heavy atom. The quantitative estimate of drug-likeness (QED) is 0.853. The predicted molar refractivity (Wildman–Crippen MR) is 66.4 cm³/mol. The molecule has 0 saturated carbocycles. The molecule has 1 fully saturated rings. The second-order valence-corrected chi connectivity index (χ2v) is 5.34. The van der Waals surface area contributed by atoms with Gasteiger partial charge >= 0.3 is 5.97 Å². The molecule has 0 amide bonds. The molecule has 1 N–H and O–H groups in total. The number of hydrogen-bond acceptors (Lipinski definition) is 3. The first-order valence-corrected chi connectivity index (χ1v) is 5.93. The number of piperidine rings is 1. The molecule has 1 aliphatic heterocycles. The average molecular weight is 234 g/mol. The van der Waals surface area contributed by atoms with Crippen LogP contribution in [0.15, 0.2) is 18.2 Å². The number of carboxylic acids is 1. The molecule has 1 saturated heterocycles. The lowest BCUT2D eigenvalue weighted by Crippen LogP contribution is -2.37. The lowest BCUT2D eigenvalue weighted by molar-refractivity contribution is 0.0690. The number of rotatable bonds is 2. The first-order chi connectivity index (χ1) is 7.98. The van der Waals surface area contributed by atoms with E-state index in [1.807, 2.05) is 6.07 Å². The molecule has 0 spiro atoms. The summed E-state index contributed by atoms with van der Waals surface area (Å²) in [6.07, 6.45) is 2.23. The molecule has 17 heavy (non-hydrogen) atoms. The molecular weight excluding hydrogens is 216 g/mol. The Morgan fingerprint density at radius 3 is 2.59 bits per heavy atom. The maximum atomic E-state index is 10.9. The van der Waals surface area contributed by atoms with Crippen LogP contribution in [0.25, 0.3) is 0 Å². The summed E-state index contributed by atoms with van der Waals surface area (Å²) >= 11 is 0. The highest BCUT2D eigenvalue weighted by Gasteiger charge is 2.26. The third kappa shape index (κ3) is 2.75. The van der Waals surface area contributed by atoms with Crippen LogP contribution >= 0.6 is 0 Å². The molecule has 4 nitrogen and oxygen atoms in total. The van der Waals surface area contributed by atoms with Gasteiger partial charge < -0.3 is 10.0 Å². The van der Waals surface area contributed by atoms with Crippen LogP contribution < -0.4 is 4.90 Å². The van der Waals surface area contributed by atoms with Crippen LogP contribution in [0.2, 0.25) is 0 Å². The van der Waals surface area contributed by atoms with Crippen molar-refractivity contribution < 1.29 is 9.90 Å². The SMILES string of the molecule is CC1(C)CCN(c2cccc(C(=O)O)n2)CC1. The number of hydrogen-bond donors (Lipinski definition) is 1. The lowest BCUT2D eigenvalue weighted by Gasteiger charge is -2.37. The summed E-state index contributed by atoms with van der Waals surface area (Å²) < 4.78 is 0. The second-order valence-electron chi connectivity index (χ2n) is 5.34. The lowest BCUT2D eigenvalue weighted by atomic mass is 9.83. The molecule has 0 unspecified atom stereocenters. The van der Waals surface area contributed by atoms with Gasteiger partial charge in [-0.2, -0.15) is 0 Å². The van der Waals surface area contributed by atoms with Gasteiger partial charge in [-0.25, -0.2) is 9.78 Å². The van der Waals surface area contributed by atoms with Crippen molar-refractivity contribution in [3.8, 4) is 0 Å². The number of carbonyl (C=O) groups is 1. The van der Waals surface area contributed by atoms with Gasteiger partial charge in [0.2, 0.25) is 0 Å². The minimum absolute atomic E-state index is 0.118. The Bertz CT molecular complexity index is 419. The van der Waals surface area contributed by atoms with Gasteiger partial charge in [0.25, 0.3) is 0 Å². The number of anilines is 1. The molecule has 0 bridgehead atoms. The van der Waals surface area contributed by atoms with E-state index >= 15 is 0 Å². The molecule has 4 heteroatoms. The van der Waals surface area contributed by atoms with Crippen molar-refractivity contribution in [2.24, 2.45) is 5.41 Å². The van der Waals surface area contributed by atoms with Crippen molar-refractivity contribution in [1.29, 1.82) is 0 Å². The Balaban J connectivity index is 2.13. The standard InChI is InChI=1S/C13H18N2O2/c1-13(2)6-8-15(9-7-13)11-5-3-4-10(14-11)12(16)17/h3-5H,6-9H2,1-2H3,(H,16,17). The summed E-state index contributed by atoms with van der Waals surface area (Å²) in [5, 5.41) is 8.91. The summed E-state index contributed by atoms with van der Waals surface area (Å²) in [5.74, 6) is -0.190. The zero-order chi connectivity index (χ0) is 12.5. The molecule has 2 rings (SSSR count). The Hall–Kier alpha value is -1.58. The summed E-state index contributed by atoms with van der Waals surface area (Å²) in [7, 11) is 0. The van der Waals surface area contributed by atoms with Gasteiger partial charge in [0.05, 0.1) is 0 Å². The average Bonchev–Trinajstić information content (AvgIpc) is 2.29. The first kappa shape index (κ1) is 11.9. The zero-order valence-corrected chi connectivity index (χ0v) is 10.3. The molecule has 2 heterocycles. The molecule has 0 atom stereocenters. The number of pyridine rings is 1.